The van der Waals surface area contributed by atoms with Crippen LogP contribution in [0, 0.1) is 5.92 Å². The highest BCUT2D eigenvalue weighted by atomic mass is 32.1. The molecule has 1 aliphatic heterocycles. The van der Waals surface area contributed by atoms with E-state index in [0.717, 1.165) is 10.7 Å². The van der Waals surface area contributed by atoms with E-state index in [1.807, 2.05) is 19.2 Å². The Hall–Kier alpha value is -1.43. The number of carbonyl (C=O) groups excluding carboxylic acids is 2. The maximum Gasteiger partial charge on any atom is 0.325 e. The maximum absolute atomic E-state index is 12.4. The summed E-state index contributed by atoms with van der Waals surface area (Å²) in [6, 6.07) is -0.328. The third kappa shape index (κ3) is 2.44. The number of hydrogen-bond donors (Lipinski definition) is 1. The Kier molecular flexibility index (Phi) is 3.86. The van der Waals surface area contributed by atoms with Gasteiger partial charge >= 0.3 is 6.03 Å². The number of thiazole rings is 1. The third-order valence-electron chi connectivity index (χ3n) is 3.84. The van der Waals surface area contributed by atoms with Gasteiger partial charge in [-0.1, -0.05) is 27.7 Å². The van der Waals surface area contributed by atoms with Gasteiger partial charge in [-0.15, -0.1) is 11.3 Å². The van der Waals surface area contributed by atoms with E-state index in [-0.39, 0.29) is 24.4 Å². The normalized spacial score (nSPS) is 23.1. The van der Waals surface area contributed by atoms with Gasteiger partial charge in [0.15, 0.2) is 0 Å². The number of rotatable bonds is 4. The fraction of sp³-hybridized carbons (Fsp3) is 0.643. The molecule has 1 aromatic rings. The minimum Gasteiger partial charge on any atom is -0.323 e. The molecule has 5 nitrogen and oxygen atoms in total. The summed E-state index contributed by atoms with van der Waals surface area (Å²) in [4.78, 5) is 30.2. The molecule has 1 N–H and O–H groups in total. The van der Waals surface area contributed by atoms with Gasteiger partial charge in [0.1, 0.15) is 5.54 Å². The zero-order valence-electron chi connectivity index (χ0n) is 12.6. The van der Waals surface area contributed by atoms with Crippen molar-refractivity contribution in [3.05, 3.63) is 16.1 Å². The summed E-state index contributed by atoms with van der Waals surface area (Å²) in [5.74, 6) is 0.236. The number of hydrogen-bond acceptors (Lipinski definition) is 4. The van der Waals surface area contributed by atoms with E-state index in [4.69, 9.17) is 0 Å². The predicted octanol–water partition coefficient (Wildman–Crippen LogP) is 2.73. The Morgan fingerprint density at radius 1 is 1.35 bits per heavy atom. The first kappa shape index (κ1) is 15.0. The van der Waals surface area contributed by atoms with Gasteiger partial charge in [-0.2, -0.15) is 0 Å². The van der Waals surface area contributed by atoms with Crippen molar-refractivity contribution in [2.24, 2.45) is 5.92 Å². The van der Waals surface area contributed by atoms with Crippen LogP contribution in [0.15, 0.2) is 5.38 Å². The lowest BCUT2D eigenvalue weighted by atomic mass is 9.88. The van der Waals surface area contributed by atoms with Crippen molar-refractivity contribution < 1.29 is 9.59 Å². The first-order valence-electron chi connectivity index (χ1n) is 6.84. The number of imide groups is 1. The Morgan fingerprint density at radius 3 is 2.45 bits per heavy atom. The molecule has 0 saturated carbocycles. The molecule has 1 unspecified atom stereocenters. The Labute approximate surface area is 123 Å². The molecular weight excluding hydrogens is 274 g/mol. The summed E-state index contributed by atoms with van der Waals surface area (Å²) >= 11 is 1.57. The molecule has 0 spiro atoms. The van der Waals surface area contributed by atoms with Gasteiger partial charge in [0, 0.05) is 11.3 Å². The van der Waals surface area contributed by atoms with Crippen LogP contribution in [0.3, 0.4) is 0 Å². The van der Waals surface area contributed by atoms with Crippen LogP contribution < -0.4 is 5.32 Å². The molecule has 20 heavy (non-hydrogen) atoms. The molecule has 0 aliphatic carbocycles. The zero-order chi connectivity index (χ0) is 15.1. The molecule has 1 aromatic heterocycles. The van der Waals surface area contributed by atoms with Crippen LogP contribution in [0.4, 0.5) is 4.79 Å². The van der Waals surface area contributed by atoms with Gasteiger partial charge < -0.3 is 5.32 Å². The number of nitrogens with one attached hydrogen (secondary N) is 1. The van der Waals surface area contributed by atoms with Crippen LogP contribution in [0.2, 0.25) is 0 Å². The summed E-state index contributed by atoms with van der Waals surface area (Å²) in [5, 5.41) is 5.74. The molecule has 0 aromatic carbocycles. The van der Waals surface area contributed by atoms with Crippen molar-refractivity contribution in [3.8, 4) is 0 Å². The highest BCUT2D eigenvalue weighted by Gasteiger charge is 2.49. The highest BCUT2D eigenvalue weighted by molar-refractivity contribution is 7.09. The molecule has 0 radical (unpaired) electrons. The molecule has 2 heterocycles. The molecule has 3 amide bonds. The summed E-state index contributed by atoms with van der Waals surface area (Å²) in [6.45, 7) is 10.0. The molecular formula is C14H21N3O2S. The molecule has 110 valence electrons. The van der Waals surface area contributed by atoms with Crippen LogP contribution in [0.5, 0.6) is 0 Å². The van der Waals surface area contributed by atoms with Gasteiger partial charge in [0.2, 0.25) is 0 Å². The summed E-state index contributed by atoms with van der Waals surface area (Å²) in [5.41, 5.74) is -0.0382. The lowest BCUT2D eigenvalue weighted by molar-refractivity contribution is -0.132. The zero-order valence-corrected chi connectivity index (χ0v) is 13.4. The monoisotopic (exact) mass is 295 g/mol. The van der Waals surface area contributed by atoms with Crippen LogP contribution >= 0.6 is 11.3 Å². The summed E-state index contributed by atoms with van der Waals surface area (Å²) < 4.78 is 0. The fourth-order valence-electron chi connectivity index (χ4n) is 2.07. The van der Waals surface area contributed by atoms with Gasteiger partial charge in [-0.3, -0.25) is 9.69 Å². The van der Waals surface area contributed by atoms with Gasteiger partial charge in [0.05, 0.1) is 17.2 Å². The number of urea groups is 1. The van der Waals surface area contributed by atoms with E-state index in [2.05, 4.69) is 24.1 Å². The predicted molar refractivity (Wildman–Crippen MR) is 78.5 cm³/mol. The van der Waals surface area contributed by atoms with Crippen LogP contribution in [-0.2, 0) is 11.3 Å². The van der Waals surface area contributed by atoms with Crippen molar-refractivity contribution in [1.29, 1.82) is 0 Å². The average molecular weight is 295 g/mol. The summed E-state index contributed by atoms with van der Waals surface area (Å²) in [7, 11) is 0. The molecule has 1 atom stereocenters. The molecule has 1 fully saturated rings. The quantitative estimate of drug-likeness (QED) is 0.869. The van der Waals surface area contributed by atoms with Crippen molar-refractivity contribution >= 4 is 23.3 Å². The molecule has 6 heteroatoms. The van der Waals surface area contributed by atoms with E-state index in [1.165, 1.54) is 4.90 Å². The number of aromatic nitrogens is 1. The van der Waals surface area contributed by atoms with E-state index >= 15 is 0 Å². The fourth-order valence-corrected chi connectivity index (χ4v) is 2.90. The van der Waals surface area contributed by atoms with Crippen molar-refractivity contribution in [2.75, 3.05) is 0 Å². The SMILES string of the molecule is CC(C)c1nc(CN2C(=O)NC(C)(C(C)C)C2=O)cs1. The van der Waals surface area contributed by atoms with Gasteiger partial charge in [0.25, 0.3) is 5.91 Å². The van der Waals surface area contributed by atoms with Crippen LogP contribution in [-0.4, -0.2) is 27.4 Å². The lowest BCUT2D eigenvalue weighted by Crippen LogP contribution is -2.48. The molecule has 1 aliphatic rings. The smallest absolute Gasteiger partial charge is 0.323 e. The van der Waals surface area contributed by atoms with E-state index in [0.29, 0.717) is 5.92 Å². The average Bonchev–Trinajstić information content (AvgIpc) is 2.90. The first-order valence-corrected chi connectivity index (χ1v) is 7.72. The van der Waals surface area contributed by atoms with Crippen molar-refractivity contribution in [1.82, 2.24) is 15.2 Å². The molecule has 2 rings (SSSR count). The number of amides is 3. The minimum absolute atomic E-state index is 0.0469. The standard InChI is InChI=1S/C14H21N3O2S/c1-8(2)11-15-10(7-20-11)6-17-12(18)14(5,9(3)4)16-13(17)19/h7-9H,6H2,1-5H3,(H,16,19). The largest absolute Gasteiger partial charge is 0.325 e. The van der Waals surface area contributed by atoms with Crippen LogP contribution in [0.1, 0.15) is 51.2 Å². The molecule has 1 saturated heterocycles. The highest BCUT2D eigenvalue weighted by Crippen LogP contribution is 2.27. The van der Waals surface area contributed by atoms with E-state index in [1.54, 1.807) is 18.3 Å². The van der Waals surface area contributed by atoms with Crippen LogP contribution in [0.25, 0.3) is 0 Å². The number of nitrogens with zero attached hydrogens (tertiary/aromatic N) is 2. The van der Waals surface area contributed by atoms with E-state index in [9.17, 15) is 9.59 Å². The van der Waals surface area contributed by atoms with Gasteiger partial charge in [-0.05, 0) is 12.8 Å². The Morgan fingerprint density at radius 2 is 2.00 bits per heavy atom. The maximum atomic E-state index is 12.4. The Balaban J connectivity index is 2.17. The summed E-state index contributed by atoms with van der Waals surface area (Å²) in [6.07, 6.45) is 0. The second-order valence-corrected chi connectivity index (χ2v) is 6.90. The second-order valence-electron chi connectivity index (χ2n) is 6.01. The third-order valence-corrected chi connectivity index (χ3v) is 5.03. The van der Waals surface area contributed by atoms with Crippen molar-refractivity contribution in [2.45, 2.75) is 52.6 Å². The lowest BCUT2D eigenvalue weighted by Gasteiger charge is -2.25. The number of carbonyl (C=O) groups is 2. The Bertz CT molecular complexity index is 538. The van der Waals surface area contributed by atoms with Gasteiger partial charge in [-0.25, -0.2) is 9.78 Å². The molecule has 0 bridgehead atoms. The topological polar surface area (TPSA) is 62.3 Å². The van der Waals surface area contributed by atoms with Crippen molar-refractivity contribution in [3.63, 3.8) is 0 Å². The van der Waals surface area contributed by atoms with E-state index < -0.39 is 5.54 Å². The second kappa shape index (κ2) is 5.16. The minimum atomic E-state index is -0.812. The first-order chi connectivity index (χ1) is 9.25.